The van der Waals surface area contributed by atoms with E-state index in [0.29, 0.717) is 13.1 Å². The standard InChI is InChI=1S/C11H18N6/c1-2-5-17-11(13-8-15-17)7-16-6-10(3-4-12)14-9-16/h6,8-9H,2-5,7,12H2,1H3. The van der Waals surface area contributed by atoms with E-state index in [2.05, 4.69) is 22.0 Å². The molecule has 6 heteroatoms. The molecule has 0 aliphatic carbocycles. The van der Waals surface area contributed by atoms with Crippen molar-refractivity contribution in [2.75, 3.05) is 6.54 Å². The topological polar surface area (TPSA) is 74.5 Å². The van der Waals surface area contributed by atoms with Crippen molar-refractivity contribution < 1.29 is 0 Å². The minimum Gasteiger partial charge on any atom is -0.330 e. The zero-order valence-electron chi connectivity index (χ0n) is 10.1. The van der Waals surface area contributed by atoms with Gasteiger partial charge in [-0.05, 0) is 13.0 Å². The Hall–Kier alpha value is -1.69. The van der Waals surface area contributed by atoms with E-state index in [1.807, 2.05) is 21.8 Å². The average Bonchev–Trinajstić information content (AvgIpc) is 2.91. The van der Waals surface area contributed by atoms with Gasteiger partial charge in [0.25, 0.3) is 0 Å². The van der Waals surface area contributed by atoms with Crippen molar-refractivity contribution in [2.24, 2.45) is 5.73 Å². The molecule has 0 spiro atoms. The van der Waals surface area contributed by atoms with Crippen molar-refractivity contribution in [3.8, 4) is 0 Å². The highest BCUT2D eigenvalue weighted by atomic mass is 15.3. The van der Waals surface area contributed by atoms with Crippen LogP contribution in [0, 0.1) is 0 Å². The lowest BCUT2D eigenvalue weighted by Gasteiger charge is -2.04. The van der Waals surface area contributed by atoms with E-state index in [-0.39, 0.29) is 0 Å². The Balaban J connectivity index is 2.05. The average molecular weight is 234 g/mol. The molecule has 2 rings (SSSR count). The predicted molar refractivity (Wildman–Crippen MR) is 64.4 cm³/mol. The molecule has 2 heterocycles. The summed E-state index contributed by atoms with van der Waals surface area (Å²) in [6, 6.07) is 0. The van der Waals surface area contributed by atoms with Gasteiger partial charge in [-0.15, -0.1) is 0 Å². The summed E-state index contributed by atoms with van der Waals surface area (Å²) in [6.45, 7) is 4.36. The quantitative estimate of drug-likeness (QED) is 0.786. The van der Waals surface area contributed by atoms with Crippen LogP contribution in [-0.4, -0.2) is 30.9 Å². The molecule has 17 heavy (non-hydrogen) atoms. The number of nitrogens with two attached hydrogens (primary N) is 1. The molecule has 2 aromatic heterocycles. The van der Waals surface area contributed by atoms with Crippen LogP contribution in [0.3, 0.4) is 0 Å². The molecule has 6 nitrogen and oxygen atoms in total. The van der Waals surface area contributed by atoms with Crippen LogP contribution in [0.4, 0.5) is 0 Å². The maximum Gasteiger partial charge on any atom is 0.146 e. The predicted octanol–water partition coefficient (Wildman–Crippen LogP) is 0.434. The van der Waals surface area contributed by atoms with E-state index in [1.54, 1.807) is 6.33 Å². The molecule has 0 radical (unpaired) electrons. The largest absolute Gasteiger partial charge is 0.330 e. The molecular formula is C11H18N6. The molecule has 0 atom stereocenters. The van der Waals surface area contributed by atoms with Crippen LogP contribution < -0.4 is 5.73 Å². The van der Waals surface area contributed by atoms with Crippen molar-refractivity contribution in [3.05, 3.63) is 30.4 Å². The first-order chi connectivity index (χ1) is 8.33. The Morgan fingerprint density at radius 2 is 2.24 bits per heavy atom. The molecule has 0 saturated carbocycles. The van der Waals surface area contributed by atoms with Gasteiger partial charge in [0.2, 0.25) is 0 Å². The fourth-order valence-electron chi connectivity index (χ4n) is 1.74. The summed E-state index contributed by atoms with van der Waals surface area (Å²) in [5.41, 5.74) is 6.52. The first-order valence-electron chi connectivity index (χ1n) is 5.91. The summed E-state index contributed by atoms with van der Waals surface area (Å²) in [7, 11) is 0. The Morgan fingerprint density at radius 1 is 1.35 bits per heavy atom. The summed E-state index contributed by atoms with van der Waals surface area (Å²) in [5, 5.41) is 4.20. The third-order valence-corrected chi connectivity index (χ3v) is 2.54. The zero-order chi connectivity index (χ0) is 12.1. The maximum atomic E-state index is 5.49. The van der Waals surface area contributed by atoms with Crippen molar-refractivity contribution in [3.63, 3.8) is 0 Å². The molecule has 0 saturated heterocycles. The van der Waals surface area contributed by atoms with Crippen LogP contribution >= 0.6 is 0 Å². The molecule has 0 amide bonds. The maximum absolute atomic E-state index is 5.49. The molecule has 2 aromatic rings. The summed E-state index contributed by atoms with van der Waals surface area (Å²) >= 11 is 0. The van der Waals surface area contributed by atoms with E-state index in [4.69, 9.17) is 5.73 Å². The number of aryl methyl sites for hydroxylation is 1. The van der Waals surface area contributed by atoms with Crippen LogP contribution in [0.5, 0.6) is 0 Å². The monoisotopic (exact) mass is 234 g/mol. The molecule has 0 bridgehead atoms. The van der Waals surface area contributed by atoms with Gasteiger partial charge in [0.15, 0.2) is 0 Å². The van der Waals surface area contributed by atoms with Gasteiger partial charge in [-0.1, -0.05) is 6.92 Å². The lowest BCUT2D eigenvalue weighted by atomic mass is 10.3. The van der Waals surface area contributed by atoms with E-state index in [0.717, 1.165) is 30.9 Å². The summed E-state index contributed by atoms with van der Waals surface area (Å²) in [4.78, 5) is 8.55. The number of imidazole rings is 1. The smallest absolute Gasteiger partial charge is 0.146 e. The van der Waals surface area contributed by atoms with E-state index in [1.165, 1.54) is 0 Å². The van der Waals surface area contributed by atoms with Gasteiger partial charge in [-0.2, -0.15) is 5.10 Å². The molecule has 2 N–H and O–H groups in total. The van der Waals surface area contributed by atoms with Gasteiger partial charge < -0.3 is 10.3 Å². The van der Waals surface area contributed by atoms with Crippen molar-refractivity contribution in [2.45, 2.75) is 32.9 Å². The van der Waals surface area contributed by atoms with Crippen LogP contribution in [-0.2, 0) is 19.5 Å². The SMILES string of the molecule is CCCn1ncnc1Cn1cnc(CCN)c1. The van der Waals surface area contributed by atoms with Crippen LogP contribution in [0.15, 0.2) is 18.9 Å². The molecular weight excluding hydrogens is 216 g/mol. The third kappa shape index (κ3) is 2.91. The van der Waals surface area contributed by atoms with E-state index >= 15 is 0 Å². The number of hydrogen-bond donors (Lipinski definition) is 1. The summed E-state index contributed by atoms with van der Waals surface area (Å²) < 4.78 is 3.95. The fourth-order valence-corrected chi connectivity index (χ4v) is 1.74. The molecule has 0 unspecified atom stereocenters. The summed E-state index contributed by atoms with van der Waals surface area (Å²) in [5.74, 6) is 0.962. The highest BCUT2D eigenvalue weighted by molar-refractivity contribution is 4.99. The number of rotatable bonds is 6. The lowest BCUT2D eigenvalue weighted by Crippen LogP contribution is -2.09. The van der Waals surface area contributed by atoms with Gasteiger partial charge in [0.1, 0.15) is 12.2 Å². The second kappa shape index (κ2) is 5.58. The fraction of sp³-hybridized carbons (Fsp3) is 0.545. The molecule has 0 aliphatic heterocycles. The van der Waals surface area contributed by atoms with Gasteiger partial charge in [-0.25, -0.2) is 14.6 Å². The third-order valence-electron chi connectivity index (χ3n) is 2.54. The first-order valence-corrected chi connectivity index (χ1v) is 5.91. The Bertz CT molecular complexity index is 458. The van der Waals surface area contributed by atoms with Crippen molar-refractivity contribution in [1.82, 2.24) is 24.3 Å². The number of nitrogens with zero attached hydrogens (tertiary/aromatic N) is 5. The summed E-state index contributed by atoms with van der Waals surface area (Å²) in [6.07, 6.45) is 7.30. The Morgan fingerprint density at radius 3 is 3.00 bits per heavy atom. The van der Waals surface area contributed by atoms with Crippen molar-refractivity contribution in [1.29, 1.82) is 0 Å². The zero-order valence-corrected chi connectivity index (χ0v) is 10.1. The first kappa shape index (κ1) is 11.8. The van der Waals surface area contributed by atoms with E-state index < -0.39 is 0 Å². The minimum absolute atomic E-state index is 0.628. The van der Waals surface area contributed by atoms with Crippen LogP contribution in [0.25, 0.3) is 0 Å². The molecule has 0 aliphatic rings. The van der Waals surface area contributed by atoms with Crippen molar-refractivity contribution >= 4 is 0 Å². The van der Waals surface area contributed by atoms with Gasteiger partial charge in [0, 0.05) is 19.2 Å². The normalized spacial score (nSPS) is 10.9. The number of hydrogen-bond acceptors (Lipinski definition) is 4. The molecule has 0 fully saturated rings. The van der Waals surface area contributed by atoms with Gasteiger partial charge in [-0.3, -0.25) is 0 Å². The molecule has 92 valence electrons. The van der Waals surface area contributed by atoms with E-state index in [9.17, 15) is 0 Å². The molecule has 0 aromatic carbocycles. The minimum atomic E-state index is 0.628. The van der Waals surface area contributed by atoms with Gasteiger partial charge >= 0.3 is 0 Å². The number of aromatic nitrogens is 5. The lowest BCUT2D eigenvalue weighted by molar-refractivity contribution is 0.554. The highest BCUT2D eigenvalue weighted by Gasteiger charge is 2.05. The van der Waals surface area contributed by atoms with Crippen LogP contribution in [0.1, 0.15) is 24.9 Å². The second-order valence-corrected chi connectivity index (χ2v) is 3.98. The Kier molecular flexibility index (Phi) is 3.87. The highest BCUT2D eigenvalue weighted by Crippen LogP contribution is 2.02. The van der Waals surface area contributed by atoms with Gasteiger partial charge in [0.05, 0.1) is 18.6 Å². The van der Waals surface area contributed by atoms with Crippen LogP contribution in [0.2, 0.25) is 0 Å². The second-order valence-electron chi connectivity index (χ2n) is 3.98. The Labute approximate surface area is 100 Å².